The SMILES string of the molecule is CC[CH]CCCCCCNC[C@H](O)c1ccc(O)c2[nH]c(=O)ccc12. The molecule has 4 N–H and O–H groups in total. The summed E-state index contributed by atoms with van der Waals surface area (Å²) in [7, 11) is 0. The lowest BCUT2D eigenvalue weighted by molar-refractivity contribution is 0.176. The summed E-state index contributed by atoms with van der Waals surface area (Å²) >= 11 is 0. The fraction of sp³-hybridized carbons (Fsp3) is 0.500. The molecule has 0 aliphatic rings. The van der Waals surface area contributed by atoms with Crippen LogP contribution in [0, 0.1) is 6.42 Å². The third kappa shape index (κ3) is 5.87. The minimum Gasteiger partial charge on any atom is -0.506 e. The topological polar surface area (TPSA) is 85.3 Å². The molecule has 137 valence electrons. The van der Waals surface area contributed by atoms with E-state index in [9.17, 15) is 15.0 Å². The van der Waals surface area contributed by atoms with E-state index < -0.39 is 6.10 Å². The van der Waals surface area contributed by atoms with E-state index in [1.165, 1.54) is 37.8 Å². The highest BCUT2D eigenvalue weighted by Gasteiger charge is 2.13. The van der Waals surface area contributed by atoms with E-state index in [1.807, 2.05) is 0 Å². The van der Waals surface area contributed by atoms with Gasteiger partial charge < -0.3 is 20.5 Å². The Hall–Kier alpha value is -1.85. The minimum absolute atomic E-state index is 0.0110. The van der Waals surface area contributed by atoms with Gasteiger partial charge >= 0.3 is 0 Å². The molecular formula is C20H29N2O3. The number of rotatable bonds is 11. The predicted octanol–water partition coefficient (Wildman–Crippen LogP) is 3.42. The van der Waals surface area contributed by atoms with E-state index in [4.69, 9.17) is 0 Å². The molecule has 0 unspecified atom stereocenters. The van der Waals surface area contributed by atoms with Crippen molar-refractivity contribution in [2.24, 2.45) is 0 Å². The molecule has 5 nitrogen and oxygen atoms in total. The smallest absolute Gasteiger partial charge is 0.248 e. The molecule has 1 heterocycles. The zero-order chi connectivity index (χ0) is 18.1. The van der Waals surface area contributed by atoms with Gasteiger partial charge in [-0.1, -0.05) is 45.1 Å². The standard InChI is InChI=1S/C20H29N2O3/c1-2-3-4-5-6-7-8-13-21-14-18(24)15-9-11-17(23)20-16(15)10-12-19(25)22-20/h3,9-12,18,21,23-24H,2,4-8,13-14H2,1H3,(H,22,25)/t18-/m0/s1. The molecule has 0 spiro atoms. The first-order chi connectivity index (χ1) is 12.1. The summed E-state index contributed by atoms with van der Waals surface area (Å²) in [4.78, 5) is 14.0. The molecule has 1 aromatic heterocycles. The molecule has 1 aromatic carbocycles. The van der Waals surface area contributed by atoms with Crippen molar-refractivity contribution in [1.82, 2.24) is 10.3 Å². The number of phenols is 1. The number of aromatic nitrogens is 1. The summed E-state index contributed by atoms with van der Waals surface area (Å²) in [5.74, 6) is 0.0110. The zero-order valence-corrected chi connectivity index (χ0v) is 14.9. The van der Waals surface area contributed by atoms with E-state index in [2.05, 4.69) is 23.6 Å². The van der Waals surface area contributed by atoms with Crippen LogP contribution in [0.3, 0.4) is 0 Å². The van der Waals surface area contributed by atoms with E-state index in [0.717, 1.165) is 19.4 Å². The van der Waals surface area contributed by atoms with Crippen molar-refractivity contribution >= 4 is 10.9 Å². The molecule has 0 aliphatic heterocycles. The third-order valence-electron chi connectivity index (χ3n) is 4.40. The molecule has 5 heteroatoms. The summed E-state index contributed by atoms with van der Waals surface area (Å²) < 4.78 is 0. The number of fused-ring (bicyclic) bond motifs is 1. The largest absolute Gasteiger partial charge is 0.506 e. The van der Waals surface area contributed by atoms with Crippen LogP contribution in [-0.4, -0.2) is 28.3 Å². The van der Waals surface area contributed by atoms with Gasteiger partial charge in [-0.05, 0) is 37.1 Å². The second-order valence-electron chi connectivity index (χ2n) is 6.40. The first kappa shape index (κ1) is 19.5. The van der Waals surface area contributed by atoms with E-state index in [1.54, 1.807) is 12.1 Å². The average molecular weight is 345 g/mol. The second-order valence-corrected chi connectivity index (χ2v) is 6.40. The maximum atomic E-state index is 11.4. The fourth-order valence-corrected chi connectivity index (χ4v) is 2.99. The van der Waals surface area contributed by atoms with E-state index in [-0.39, 0.29) is 11.3 Å². The fourth-order valence-electron chi connectivity index (χ4n) is 2.99. The lowest BCUT2D eigenvalue weighted by Gasteiger charge is -2.15. The number of hydrogen-bond donors (Lipinski definition) is 4. The first-order valence-electron chi connectivity index (χ1n) is 9.18. The molecule has 0 bridgehead atoms. The number of hydrogen-bond acceptors (Lipinski definition) is 4. The van der Waals surface area contributed by atoms with Crippen LogP contribution in [0.4, 0.5) is 0 Å². The molecule has 0 aliphatic carbocycles. The van der Waals surface area contributed by atoms with Crippen molar-refractivity contribution < 1.29 is 10.2 Å². The maximum absolute atomic E-state index is 11.4. The van der Waals surface area contributed by atoms with Crippen molar-refractivity contribution in [3.8, 4) is 5.75 Å². The number of phenolic OH excluding ortho intramolecular Hbond substituents is 1. The van der Waals surface area contributed by atoms with Crippen LogP contribution in [-0.2, 0) is 0 Å². The number of aliphatic hydroxyl groups excluding tert-OH is 1. The zero-order valence-electron chi connectivity index (χ0n) is 14.9. The Kier molecular flexibility index (Phi) is 7.95. The Morgan fingerprint density at radius 3 is 2.76 bits per heavy atom. The molecule has 0 amide bonds. The van der Waals surface area contributed by atoms with Crippen molar-refractivity contribution in [3.05, 3.63) is 46.6 Å². The highest BCUT2D eigenvalue weighted by molar-refractivity contribution is 5.87. The Bertz CT molecular complexity index is 712. The minimum atomic E-state index is -0.687. The molecule has 0 fully saturated rings. The Morgan fingerprint density at radius 1 is 1.16 bits per heavy atom. The van der Waals surface area contributed by atoms with Gasteiger partial charge in [0, 0.05) is 18.0 Å². The summed E-state index contributed by atoms with van der Waals surface area (Å²) in [6.45, 7) is 3.49. The van der Waals surface area contributed by atoms with Crippen LogP contribution in [0.15, 0.2) is 29.1 Å². The quantitative estimate of drug-likeness (QED) is 0.470. The number of unbranched alkanes of at least 4 members (excludes halogenated alkanes) is 6. The van der Waals surface area contributed by atoms with Crippen LogP contribution < -0.4 is 10.9 Å². The van der Waals surface area contributed by atoms with Crippen LogP contribution >= 0.6 is 0 Å². The van der Waals surface area contributed by atoms with Crippen LogP contribution in [0.5, 0.6) is 5.75 Å². The highest BCUT2D eigenvalue weighted by Crippen LogP contribution is 2.28. The Morgan fingerprint density at radius 2 is 1.96 bits per heavy atom. The molecule has 0 saturated heterocycles. The van der Waals surface area contributed by atoms with Crippen molar-refractivity contribution in [2.45, 2.75) is 51.6 Å². The lowest BCUT2D eigenvalue weighted by Crippen LogP contribution is -2.22. The number of aromatic amines is 1. The Balaban J connectivity index is 1.80. The van der Waals surface area contributed by atoms with E-state index in [0.29, 0.717) is 23.0 Å². The molecule has 25 heavy (non-hydrogen) atoms. The number of nitrogens with one attached hydrogen (secondary N) is 2. The van der Waals surface area contributed by atoms with E-state index >= 15 is 0 Å². The normalized spacial score (nSPS) is 12.6. The van der Waals surface area contributed by atoms with Gasteiger partial charge in [0.25, 0.3) is 0 Å². The first-order valence-corrected chi connectivity index (χ1v) is 9.18. The van der Waals surface area contributed by atoms with Gasteiger partial charge in [-0.15, -0.1) is 0 Å². The summed E-state index contributed by atoms with van der Waals surface area (Å²) in [5.41, 5.74) is 0.795. The van der Waals surface area contributed by atoms with Gasteiger partial charge in [-0.25, -0.2) is 0 Å². The van der Waals surface area contributed by atoms with Crippen LogP contribution in [0.2, 0.25) is 0 Å². The second kappa shape index (κ2) is 10.2. The highest BCUT2D eigenvalue weighted by atomic mass is 16.3. The van der Waals surface area contributed by atoms with Crippen molar-refractivity contribution in [2.75, 3.05) is 13.1 Å². The molecule has 2 aromatic rings. The van der Waals surface area contributed by atoms with Gasteiger partial charge in [0.15, 0.2) is 0 Å². The summed E-state index contributed by atoms with van der Waals surface area (Å²) in [6.07, 6.45) is 8.80. The van der Waals surface area contributed by atoms with Crippen molar-refractivity contribution in [3.63, 3.8) is 0 Å². The van der Waals surface area contributed by atoms with Crippen molar-refractivity contribution in [1.29, 1.82) is 0 Å². The number of aliphatic hydroxyl groups is 1. The number of benzene rings is 1. The Labute approximate surface area is 149 Å². The molecule has 1 atom stereocenters. The van der Waals surface area contributed by atoms with Gasteiger partial charge in [-0.2, -0.15) is 0 Å². The molecule has 0 saturated carbocycles. The molecular weight excluding hydrogens is 316 g/mol. The third-order valence-corrected chi connectivity index (χ3v) is 4.40. The van der Waals surface area contributed by atoms with Crippen LogP contribution in [0.1, 0.15) is 57.1 Å². The summed E-state index contributed by atoms with van der Waals surface area (Å²) in [5, 5.41) is 24.3. The average Bonchev–Trinajstić information content (AvgIpc) is 2.61. The van der Waals surface area contributed by atoms with Gasteiger partial charge in [0.1, 0.15) is 5.75 Å². The maximum Gasteiger partial charge on any atom is 0.248 e. The number of pyridine rings is 1. The van der Waals surface area contributed by atoms with Gasteiger partial charge in [0.2, 0.25) is 5.56 Å². The number of H-pyrrole nitrogens is 1. The van der Waals surface area contributed by atoms with Gasteiger partial charge in [0.05, 0.1) is 11.6 Å². The van der Waals surface area contributed by atoms with Gasteiger partial charge in [-0.3, -0.25) is 4.79 Å². The molecule has 2 rings (SSSR count). The molecule has 1 radical (unpaired) electrons. The lowest BCUT2D eigenvalue weighted by atomic mass is 10.0. The predicted molar refractivity (Wildman–Crippen MR) is 102 cm³/mol. The monoisotopic (exact) mass is 345 g/mol. The number of aromatic hydroxyl groups is 1. The van der Waals surface area contributed by atoms with Crippen LogP contribution in [0.25, 0.3) is 10.9 Å². The summed E-state index contributed by atoms with van der Waals surface area (Å²) in [6, 6.07) is 6.25.